The van der Waals surface area contributed by atoms with Crippen molar-refractivity contribution >= 4 is 5.78 Å². The molecule has 1 aromatic rings. The van der Waals surface area contributed by atoms with Gasteiger partial charge in [-0.05, 0) is 19.3 Å². The first-order valence-corrected chi connectivity index (χ1v) is 11.5. The standard InChI is InChI=1S/C20H37N5O2.C2H6/c1-4-18(2)20(26)8-6-5-7-9-25-17-19(21-22-25)16-24-12-10-23(11-13-24)14-15-27-3;1-2/h17-18H,4-16H2,1-3H3;1-2H3. The van der Waals surface area contributed by atoms with Crippen molar-refractivity contribution in [1.29, 1.82) is 0 Å². The summed E-state index contributed by atoms with van der Waals surface area (Å²) in [6.07, 6.45) is 6.84. The van der Waals surface area contributed by atoms with E-state index >= 15 is 0 Å². The number of piperazine rings is 1. The summed E-state index contributed by atoms with van der Waals surface area (Å²) in [6.45, 7) is 16.0. The van der Waals surface area contributed by atoms with Crippen LogP contribution in [0.25, 0.3) is 0 Å². The highest BCUT2D eigenvalue weighted by Gasteiger charge is 2.17. The van der Waals surface area contributed by atoms with Gasteiger partial charge >= 0.3 is 0 Å². The highest BCUT2D eigenvalue weighted by Crippen LogP contribution is 2.11. The Morgan fingerprint density at radius 2 is 1.79 bits per heavy atom. The maximum Gasteiger partial charge on any atom is 0.135 e. The monoisotopic (exact) mass is 409 g/mol. The summed E-state index contributed by atoms with van der Waals surface area (Å²) in [5, 5.41) is 8.58. The molecule has 1 fully saturated rings. The van der Waals surface area contributed by atoms with Crippen LogP contribution in [-0.4, -0.2) is 77.0 Å². The van der Waals surface area contributed by atoms with Gasteiger partial charge in [0.2, 0.25) is 0 Å². The Bertz CT molecular complexity index is 541. The van der Waals surface area contributed by atoms with Gasteiger partial charge in [-0.25, -0.2) is 0 Å². The maximum absolute atomic E-state index is 11.8. The van der Waals surface area contributed by atoms with Gasteiger partial charge in [0, 0.05) is 71.5 Å². The number of methoxy groups -OCH3 is 1. The van der Waals surface area contributed by atoms with E-state index in [1.165, 1.54) is 0 Å². The molecule has 0 aromatic carbocycles. The number of ketones is 1. The molecule has 7 nitrogen and oxygen atoms in total. The SMILES string of the molecule is CC.CCC(C)C(=O)CCCCCn1cc(CN2CCN(CCOC)CC2)nn1. The van der Waals surface area contributed by atoms with Gasteiger partial charge in [0.05, 0.1) is 12.3 Å². The molecular weight excluding hydrogens is 366 g/mol. The molecule has 1 aliphatic heterocycles. The number of nitrogens with zero attached hydrogens (tertiary/aromatic N) is 5. The zero-order chi connectivity index (χ0) is 21.5. The summed E-state index contributed by atoms with van der Waals surface area (Å²) in [6, 6.07) is 0. The van der Waals surface area contributed by atoms with Gasteiger partial charge in [0.15, 0.2) is 0 Å². The average molecular weight is 410 g/mol. The Kier molecular flexibility index (Phi) is 13.8. The minimum Gasteiger partial charge on any atom is -0.383 e. The van der Waals surface area contributed by atoms with E-state index in [1.54, 1.807) is 7.11 Å². The minimum atomic E-state index is 0.213. The van der Waals surface area contributed by atoms with Gasteiger partial charge in [0.25, 0.3) is 0 Å². The maximum atomic E-state index is 11.8. The van der Waals surface area contributed by atoms with E-state index in [1.807, 2.05) is 25.5 Å². The van der Waals surface area contributed by atoms with E-state index in [0.29, 0.717) is 12.2 Å². The van der Waals surface area contributed by atoms with Gasteiger partial charge in [-0.2, -0.15) is 0 Å². The number of hydrogen-bond donors (Lipinski definition) is 0. The smallest absolute Gasteiger partial charge is 0.135 e. The topological polar surface area (TPSA) is 63.5 Å². The molecule has 1 aliphatic rings. The first kappa shape index (κ1) is 25.7. The fourth-order valence-electron chi connectivity index (χ4n) is 3.36. The van der Waals surface area contributed by atoms with Crippen LogP contribution >= 0.6 is 0 Å². The van der Waals surface area contributed by atoms with Crippen LogP contribution < -0.4 is 0 Å². The summed E-state index contributed by atoms with van der Waals surface area (Å²) >= 11 is 0. The van der Waals surface area contributed by atoms with Crippen molar-refractivity contribution in [2.24, 2.45) is 5.92 Å². The third-order valence-corrected chi connectivity index (χ3v) is 5.52. The molecule has 0 N–H and O–H groups in total. The van der Waals surface area contributed by atoms with E-state index in [-0.39, 0.29) is 5.92 Å². The van der Waals surface area contributed by atoms with Crippen molar-refractivity contribution in [2.45, 2.75) is 72.9 Å². The summed E-state index contributed by atoms with van der Waals surface area (Å²) in [5.41, 5.74) is 1.05. The number of aromatic nitrogens is 3. The molecule has 7 heteroatoms. The van der Waals surface area contributed by atoms with Gasteiger partial charge in [-0.1, -0.05) is 39.3 Å². The molecular formula is C22H43N5O2. The summed E-state index contributed by atoms with van der Waals surface area (Å²) in [5.74, 6) is 0.618. The van der Waals surface area contributed by atoms with E-state index in [4.69, 9.17) is 4.74 Å². The third-order valence-electron chi connectivity index (χ3n) is 5.52. The third kappa shape index (κ3) is 10.3. The van der Waals surface area contributed by atoms with Crippen LogP contribution in [0.3, 0.4) is 0 Å². The van der Waals surface area contributed by atoms with Crippen molar-refractivity contribution in [2.75, 3.05) is 46.4 Å². The van der Waals surface area contributed by atoms with Crippen LogP contribution in [0.15, 0.2) is 6.20 Å². The van der Waals surface area contributed by atoms with Crippen molar-refractivity contribution in [3.8, 4) is 0 Å². The number of carbonyl (C=O) groups is 1. The largest absolute Gasteiger partial charge is 0.383 e. The van der Waals surface area contributed by atoms with Crippen LogP contribution in [0.2, 0.25) is 0 Å². The predicted octanol–water partition coefficient (Wildman–Crippen LogP) is 3.24. The second-order valence-electron chi connectivity index (χ2n) is 7.67. The number of rotatable bonds is 13. The number of carbonyl (C=O) groups excluding carboxylic acids is 1. The quantitative estimate of drug-likeness (QED) is 0.466. The molecule has 0 amide bonds. The zero-order valence-electron chi connectivity index (χ0n) is 19.4. The molecule has 2 rings (SSSR count). The Morgan fingerprint density at radius 1 is 1.10 bits per heavy atom. The molecule has 0 spiro atoms. The highest BCUT2D eigenvalue weighted by molar-refractivity contribution is 5.80. The highest BCUT2D eigenvalue weighted by atomic mass is 16.5. The van der Waals surface area contributed by atoms with Gasteiger partial charge in [-0.3, -0.25) is 19.3 Å². The summed E-state index contributed by atoms with van der Waals surface area (Å²) in [7, 11) is 1.76. The van der Waals surface area contributed by atoms with E-state index in [9.17, 15) is 4.79 Å². The molecule has 1 unspecified atom stereocenters. The van der Waals surface area contributed by atoms with Crippen molar-refractivity contribution < 1.29 is 9.53 Å². The fourth-order valence-corrected chi connectivity index (χ4v) is 3.36. The molecule has 0 bridgehead atoms. The van der Waals surface area contributed by atoms with E-state index in [0.717, 1.165) is 83.8 Å². The van der Waals surface area contributed by atoms with Crippen LogP contribution in [0.4, 0.5) is 0 Å². The van der Waals surface area contributed by atoms with Crippen molar-refractivity contribution in [3.63, 3.8) is 0 Å². The molecule has 0 aliphatic carbocycles. The van der Waals surface area contributed by atoms with Crippen LogP contribution in [0.1, 0.15) is 65.5 Å². The lowest BCUT2D eigenvalue weighted by atomic mass is 9.99. The fraction of sp³-hybridized carbons (Fsp3) is 0.864. The van der Waals surface area contributed by atoms with E-state index in [2.05, 4.69) is 33.2 Å². The normalized spacial score (nSPS) is 16.3. The molecule has 1 aromatic heterocycles. The minimum absolute atomic E-state index is 0.213. The van der Waals surface area contributed by atoms with Gasteiger partial charge in [-0.15, -0.1) is 5.10 Å². The number of aryl methyl sites for hydroxylation is 1. The number of ether oxygens (including phenoxy) is 1. The van der Waals surface area contributed by atoms with E-state index < -0.39 is 0 Å². The van der Waals surface area contributed by atoms with Crippen molar-refractivity contribution in [3.05, 3.63) is 11.9 Å². The summed E-state index contributed by atoms with van der Waals surface area (Å²) in [4.78, 5) is 16.7. The Balaban J connectivity index is 0.00000204. The Labute approximate surface area is 177 Å². The number of unbranched alkanes of at least 4 members (excludes halogenated alkanes) is 2. The van der Waals surface area contributed by atoms with Gasteiger partial charge < -0.3 is 4.74 Å². The first-order chi connectivity index (χ1) is 14.1. The average Bonchev–Trinajstić information content (AvgIpc) is 3.20. The zero-order valence-corrected chi connectivity index (χ0v) is 19.4. The predicted molar refractivity (Wildman–Crippen MR) is 118 cm³/mol. The first-order valence-electron chi connectivity index (χ1n) is 11.5. The molecule has 2 heterocycles. The molecule has 1 saturated heterocycles. The second kappa shape index (κ2) is 15.5. The summed E-state index contributed by atoms with van der Waals surface area (Å²) < 4.78 is 7.10. The Hall–Kier alpha value is -1.31. The van der Waals surface area contributed by atoms with Gasteiger partial charge in [0.1, 0.15) is 5.78 Å². The lowest BCUT2D eigenvalue weighted by Crippen LogP contribution is -2.46. The van der Waals surface area contributed by atoms with Crippen LogP contribution in [0, 0.1) is 5.92 Å². The van der Waals surface area contributed by atoms with Crippen molar-refractivity contribution in [1.82, 2.24) is 24.8 Å². The number of Topliss-reactive ketones (excluding diaryl/α,β-unsaturated/α-hetero) is 1. The van der Waals surface area contributed by atoms with Crippen LogP contribution in [-0.2, 0) is 22.6 Å². The molecule has 29 heavy (non-hydrogen) atoms. The number of hydrogen-bond acceptors (Lipinski definition) is 6. The molecule has 0 saturated carbocycles. The second-order valence-corrected chi connectivity index (χ2v) is 7.67. The lowest BCUT2D eigenvalue weighted by molar-refractivity contribution is -0.122. The molecule has 0 radical (unpaired) electrons. The molecule has 168 valence electrons. The molecule has 1 atom stereocenters. The lowest BCUT2D eigenvalue weighted by Gasteiger charge is -2.34. The van der Waals surface area contributed by atoms with Crippen LogP contribution in [0.5, 0.6) is 0 Å². The Morgan fingerprint density at radius 3 is 2.45 bits per heavy atom.